The SMILES string of the molecule is [CH]1C(c2cccs2)=Cc2ccccc21.[Zr]. The minimum Gasteiger partial charge on any atom is -0.144 e. The van der Waals surface area contributed by atoms with Gasteiger partial charge in [0.25, 0.3) is 0 Å². The largest absolute Gasteiger partial charge is 0.144 e. The van der Waals surface area contributed by atoms with Crippen LogP contribution in [0.15, 0.2) is 41.8 Å². The molecule has 0 amide bonds. The molecule has 1 heterocycles. The van der Waals surface area contributed by atoms with E-state index in [0.717, 1.165) is 0 Å². The standard InChI is InChI=1S/C13H9S.Zr/c1-2-5-11-9-12(8-10(11)4-1)13-6-3-7-14-13;/h1-9H;. The van der Waals surface area contributed by atoms with Gasteiger partial charge in [0.15, 0.2) is 0 Å². The molecular weight excluding hydrogens is 279 g/mol. The van der Waals surface area contributed by atoms with Crippen LogP contribution in [0.4, 0.5) is 0 Å². The normalized spacial score (nSPS) is 12.9. The van der Waals surface area contributed by atoms with Crippen LogP contribution in [0.1, 0.15) is 16.0 Å². The maximum atomic E-state index is 2.25. The zero-order chi connectivity index (χ0) is 9.38. The zero-order valence-electron chi connectivity index (χ0n) is 8.10. The van der Waals surface area contributed by atoms with Crippen molar-refractivity contribution in [2.75, 3.05) is 0 Å². The van der Waals surface area contributed by atoms with E-state index in [2.05, 4.69) is 54.3 Å². The molecule has 1 radical (unpaired) electrons. The van der Waals surface area contributed by atoms with Crippen LogP contribution in [0, 0.1) is 6.42 Å². The van der Waals surface area contributed by atoms with Crippen molar-refractivity contribution < 1.29 is 26.2 Å². The van der Waals surface area contributed by atoms with Crippen LogP contribution >= 0.6 is 11.3 Å². The first-order valence-corrected chi connectivity index (χ1v) is 5.51. The monoisotopic (exact) mass is 287 g/mol. The first-order chi connectivity index (χ1) is 6.93. The quantitative estimate of drug-likeness (QED) is 0.747. The number of allylic oxidation sites excluding steroid dienone is 1. The third-order valence-corrected chi connectivity index (χ3v) is 3.34. The van der Waals surface area contributed by atoms with Gasteiger partial charge < -0.3 is 0 Å². The molecule has 0 nitrogen and oxygen atoms in total. The Bertz CT molecular complexity index is 483. The third-order valence-electron chi connectivity index (χ3n) is 2.42. The van der Waals surface area contributed by atoms with Crippen LogP contribution in [0.5, 0.6) is 0 Å². The predicted molar refractivity (Wildman–Crippen MR) is 62.0 cm³/mol. The second-order valence-electron chi connectivity index (χ2n) is 3.35. The van der Waals surface area contributed by atoms with Gasteiger partial charge in [0.2, 0.25) is 0 Å². The number of hydrogen-bond donors (Lipinski definition) is 0. The van der Waals surface area contributed by atoms with E-state index >= 15 is 0 Å². The number of hydrogen-bond acceptors (Lipinski definition) is 1. The Kier molecular flexibility index (Phi) is 3.38. The first-order valence-electron chi connectivity index (χ1n) is 4.63. The van der Waals surface area contributed by atoms with Gasteiger partial charge in [0.1, 0.15) is 0 Å². The van der Waals surface area contributed by atoms with Crippen LogP contribution < -0.4 is 0 Å². The van der Waals surface area contributed by atoms with Crippen molar-refractivity contribution in [2.24, 2.45) is 0 Å². The van der Waals surface area contributed by atoms with Crippen molar-refractivity contribution in [3.63, 3.8) is 0 Å². The molecule has 0 atom stereocenters. The zero-order valence-corrected chi connectivity index (χ0v) is 11.4. The molecule has 0 bridgehead atoms. The molecule has 0 fully saturated rings. The predicted octanol–water partition coefficient (Wildman–Crippen LogP) is 3.85. The fraction of sp³-hybridized carbons (Fsp3) is 0. The Morgan fingerprint density at radius 2 is 1.67 bits per heavy atom. The smallest absolute Gasteiger partial charge is 0.0309 e. The second-order valence-corrected chi connectivity index (χ2v) is 4.30. The average Bonchev–Trinajstić information content (AvgIpc) is 2.86. The van der Waals surface area contributed by atoms with E-state index < -0.39 is 0 Å². The van der Waals surface area contributed by atoms with Gasteiger partial charge in [-0.2, -0.15) is 0 Å². The molecule has 1 aliphatic carbocycles. The van der Waals surface area contributed by atoms with Gasteiger partial charge in [0, 0.05) is 37.5 Å². The molecule has 2 aromatic rings. The second kappa shape index (κ2) is 4.59. The van der Waals surface area contributed by atoms with Crippen molar-refractivity contribution in [1.82, 2.24) is 0 Å². The molecule has 0 saturated carbocycles. The molecular formula is C13H9SZr. The fourth-order valence-electron chi connectivity index (χ4n) is 1.74. The summed E-state index contributed by atoms with van der Waals surface area (Å²) in [6.45, 7) is 0. The van der Waals surface area contributed by atoms with Gasteiger partial charge in [-0.25, -0.2) is 0 Å². The van der Waals surface area contributed by atoms with Crippen LogP contribution in [0.3, 0.4) is 0 Å². The van der Waals surface area contributed by atoms with Crippen LogP contribution in [-0.4, -0.2) is 0 Å². The first kappa shape index (κ1) is 11.0. The van der Waals surface area contributed by atoms with Crippen molar-refractivity contribution >= 4 is 23.0 Å². The number of fused-ring (bicyclic) bond motifs is 1. The molecule has 0 saturated heterocycles. The number of rotatable bonds is 1. The summed E-state index contributed by atoms with van der Waals surface area (Å²) in [5.74, 6) is 0. The Hall–Kier alpha value is -0.457. The molecule has 1 aromatic heterocycles. The Morgan fingerprint density at radius 1 is 0.867 bits per heavy atom. The molecule has 15 heavy (non-hydrogen) atoms. The number of benzene rings is 1. The van der Waals surface area contributed by atoms with E-state index in [-0.39, 0.29) is 26.2 Å². The van der Waals surface area contributed by atoms with Gasteiger partial charge in [0.05, 0.1) is 0 Å². The molecule has 2 heteroatoms. The van der Waals surface area contributed by atoms with E-state index in [4.69, 9.17) is 0 Å². The summed E-state index contributed by atoms with van der Waals surface area (Å²) in [4.78, 5) is 1.35. The van der Waals surface area contributed by atoms with Gasteiger partial charge in [-0.3, -0.25) is 0 Å². The maximum Gasteiger partial charge on any atom is 0.0309 e. The van der Waals surface area contributed by atoms with Crippen molar-refractivity contribution in [2.45, 2.75) is 0 Å². The third kappa shape index (κ3) is 2.07. The summed E-state index contributed by atoms with van der Waals surface area (Å²) in [5.41, 5.74) is 3.99. The minimum atomic E-state index is 0. The molecule has 0 aliphatic heterocycles. The summed E-state index contributed by atoms with van der Waals surface area (Å²) in [5, 5.41) is 2.12. The Labute approximate surface area is 113 Å². The van der Waals surface area contributed by atoms with Crippen molar-refractivity contribution in [3.05, 3.63) is 64.2 Å². The van der Waals surface area contributed by atoms with E-state index in [1.165, 1.54) is 21.6 Å². The fourth-order valence-corrected chi connectivity index (χ4v) is 2.45. The van der Waals surface area contributed by atoms with Gasteiger partial charge in [-0.15, -0.1) is 11.3 Å². The molecule has 1 aromatic carbocycles. The minimum absolute atomic E-state index is 0. The Balaban J connectivity index is 0.000000853. The number of thiophene rings is 1. The summed E-state index contributed by atoms with van der Waals surface area (Å²) < 4.78 is 0. The van der Waals surface area contributed by atoms with E-state index in [9.17, 15) is 0 Å². The van der Waals surface area contributed by atoms with Crippen molar-refractivity contribution in [1.29, 1.82) is 0 Å². The Morgan fingerprint density at radius 3 is 2.33 bits per heavy atom. The maximum absolute atomic E-state index is 2.25. The van der Waals surface area contributed by atoms with E-state index in [1.54, 1.807) is 11.3 Å². The summed E-state index contributed by atoms with van der Waals surface area (Å²) in [6.07, 6.45) is 4.50. The van der Waals surface area contributed by atoms with Gasteiger partial charge in [-0.05, 0) is 34.2 Å². The molecule has 0 N–H and O–H groups in total. The molecule has 3 rings (SSSR count). The van der Waals surface area contributed by atoms with Crippen LogP contribution in [-0.2, 0) is 26.2 Å². The van der Waals surface area contributed by atoms with E-state index in [1.807, 2.05) is 0 Å². The summed E-state index contributed by atoms with van der Waals surface area (Å²) >= 11 is 1.79. The molecule has 0 spiro atoms. The van der Waals surface area contributed by atoms with Gasteiger partial charge in [-0.1, -0.05) is 30.3 Å². The van der Waals surface area contributed by atoms with Crippen molar-refractivity contribution in [3.8, 4) is 0 Å². The summed E-state index contributed by atoms with van der Waals surface area (Å²) in [7, 11) is 0. The molecule has 0 unspecified atom stereocenters. The van der Waals surface area contributed by atoms with Gasteiger partial charge >= 0.3 is 0 Å². The molecule has 71 valence electrons. The average molecular weight is 289 g/mol. The summed E-state index contributed by atoms with van der Waals surface area (Å²) in [6, 6.07) is 12.7. The van der Waals surface area contributed by atoms with E-state index in [0.29, 0.717) is 0 Å². The van der Waals surface area contributed by atoms with Crippen LogP contribution in [0.25, 0.3) is 11.6 Å². The topological polar surface area (TPSA) is 0 Å². The van der Waals surface area contributed by atoms with Crippen LogP contribution in [0.2, 0.25) is 0 Å². The molecule has 1 aliphatic rings.